The van der Waals surface area contributed by atoms with Gasteiger partial charge in [0.1, 0.15) is 18.2 Å². The van der Waals surface area contributed by atoms with E-state index in [1.165, 1.54) is 6.08 Å². The van der Waals surface area contributed by atoms with Gasteiger partial charge in [-0.25, -0.2) is 0 Å². The van der Waals surface area contributed by atoms with Gasteiger partial charge in [-0.05, 0) is 96.6 Å². The number of halogens is 2. The van der Waals surface area contributed by atoms with Crippen molar-refractivity contribution < 1.29 is 14.3 Å². The minimum atomic E-state index is -0.517. The lowest BCUT2D eigenvalue weighted by Gasteiger charge is -2.13. The number of carbonyl (C=O) groups excluding carboxylic acids is 1. The first-order valence-electron chi connectivity index (χ1n) is 11.1. The molecule has 0 unspecified atom stereocenters. The molecule has 0 bridgehead atoms. The van der Waals surface area contributed by atoms with Gasteiger partial charge in [0.15, 0.2) is 11.5 Å². The Morgan fingerprint density at radius 3 is 2.44 bits per heavy atom. The van der Waals surface area contributed by atoms with Gasteiger partial charge in [-0.1, -0.05) is 48.5 Å². The fourth-order valence-corrected chi connectivity index (χ4v) is 5.40. The Morgan fingerprint density at radius 1 is 1.00 bits per heavy atom. The van der Waals surface area contributed by atoms with Crippen molar-refractivity contribution in [2.24, 2.45) is 0 Å². The molecule has 4 aromatic rings. The van der Waals surface area contributed by atoms with Crippen molar-refractivity contribution in [1.82, 2.24) is 0 Å². The molecule has 36 heavy (non-hydrogen) atoms. The van der Waals surface area contributed by atoms with E-state index in [-0.39, 0.29) is 5.57 Å². The molecule has 1 amide bonds. The highest BCUT2D eigenvalue weighted by Gasteiger charge is 2.15. The molecule has 0 fully saturated rings. The number of nitrogens with zero attached hydrogens (tertiary/aromatic N) is 1. The average molecular weight is 606 g/mol. The molecule has 0 saturated heterocycles. The van der Waals surface area contributed by atoms with Crippen molar-refractivity contribution >= 4 is 60.3 Å². The van der Waals surface area contributed by atoms with Gasteiger partial charge in [0.2, 0.25) is 0 Å². The van der Waals surface area contributed by atoms with E-state index in [0.717, 1.165) is 21.9 Å². The predicted octanol–water partition coefficient (Wildman–Crippen LogP) is 7.81. The number of hydrogen-bond acceptors (Lipinski definition) is 4. The molecule has 4 aromatic carbocycles. The van der Waals surface area contributed by atoms with Crippen molar-refractivity contribution in [2.75, 3.05) is 12.4 Å². The molecule has 0 aliphatic carbocycles. The zero-order valence-electron chi connectivity index (χ0n) is 19.6. The average Bonchev–Trinajstić information content (AvgIpc) is 2.88. The summed E-state index contributed by atoms with van der Waals surface area (Å²) >= 11 is 6.93. The quantitative estimate of drug-likeness (QED) is 0.172. The predicted molar refractivity (Wildman–Crippen MR) is 150 cm³/mol. The molecule has 0 saturated carbocycles. The number of hydrogen-bond donors (Lipinski definition) is 1. The lowest BCUT2D eigenvalue weighted by Crippen LogP contribution is -2.14. The summed E-state index contributed by atoms with van der Waals surface area (Å²) in [5.74, 6) is 0.556. The fraction of sp³-hybridized carbons (Fsp3) is 0.103. The van der Waals surface area contributed by atoms with E-state index in [4.69, 9.17) is 9.47 Å². The Labute approximate surface area is 226 Å². The van der Waals surface area contributed by atoms with Gasteiger partial charge in [-0.3, -0.25) is 4.79 Å². The van der Waals surface area contributed by atoms with E-state index in [1.807, 2.05) is 49.4 Å². The second-order valence-electron chi connectivity index (χ2n) is 8.06. The monoisotopic (exact) mass is 604 g/mol. The number of carbonyl (C=O) groups is 1. The van der Waals surface area contributed by atoms with Crippen LogP contribution in [0, 0.1) is 18.3 Å². The number of anilines is 1. The number of rotatable bonds is 7. The van der Waals surface area contributed by atoms with Gasteiger partial charge in [0.05, 0.1) is 12.8 Å². The number of ether oxygens (including phenoxy) is 2. The molecule has 0 radical (unpaired) electrons. The highest BCUT2D eigenvalue weighted by atomic mass is 79.9. The first kappa shape index (κ1) is 25.5. The van der Waals surface area contributed by atoms with Crippen LogP contribution < -0.4 is 14.8 Å². The molecule has 0 aliphatic heterocycles. The van der Waals surface area contributed by atoms with Crippen molar-refractivity contribution in [1.29, 1.82) is 5.26 Å². The van der Waals surface area contributed by atoms with Crippen LogP contribution in [0.15, 0.2) is 87.3 Å². The van der Waals surface area contributed by atoms with Crippen molar-refractivity contribution in [3.63, 3.8) is 0 Å². The minimum Gasteiger partial charge on any atom is -0.493 e. The molecule has 0 aromatic heterocycles. The third-order valence-electron chi connectivity index (χ3n) is 5.55. The molecule has 5 nitrogen and oxygen atoms in total. The molecule has 180 valence electrons. The fourth-order valence-electron chi connectivity index (χ4n) is 3.79. The van der Waals surface area contributed by atoms with Gasteiger partial charge in [0, 0.05) is 8.95 Å². The van der Waals surface area contributed by atoms with Crippen LogP contribution in [0.1, 0.15) is 16.7 Å². The maximum Gasteiger partial charge on any atom is 0.266 e. The van der Waals surface area contributed by atoms with Crippen LogP contribution >= 0.6 is 31.9 Å². The summed E-state index contributed by atoms with van der Waals surface area (Å²) in [6.45, 7) is 2.29. The third-order valence-corrected chi connectivity index (χ3v) is 6.80. The normalized spacial score (nSPS) is 11.1. The zero-order chi connectivity index (χ0) is 25.7. The number of aryl methyl sites for hydroxylation is 1. The highest BCUT2D eigenvalue weighted by molar-refractivity contribution is 9.11. The molecular formula is C29H22Br2N2O3. The summed E-state index contributed by atoms with van der Waals surface area (Å²) in [4.78, 5) is 12.9. The molecule has 7 heteroatoms. The summed E-state index contributed by atoms with van der Waals surface area (Å²) in [6.07, 6.45) is 1.52. The largest absolute Gasteiger partial charge is 0.493 e. The van der Waals surface area contributed by atoms with E-state index in [0.29, 0.717) is 38.3 Å². The van der Waals surface area contributed by atoms with Crippen LogP contribution in [0.4, 0.5) is 5.69 Å². The van der Waals surface area contributed by atoms with Gasteiger partial charge >= 0.3 is 0 Å². The zero-order valence-corrected chi connectivity index (χ0v) is 22.8. The summed E-state index contributed by atoms with van der Waals surface area (Å²) < 4.78 is 13.0. The van der Waals surface area contributed by atoms with Gasteiger partial charge in [-0.15, -0.1) is 0 Å². The molecule has 0 heterocycles. The molecule has 0 spiro atoms. The Morgan fingerprint density at radius 2 is 1.72 bits per heavy atom. The van der Waals surface area contributed by atoms with Crippen LogP contribution in [0.3, 0.4) is 0 Å². The van der Waals surface area contributed by atoms with Gasteiger partial charge in [-0.2, -0.15) is 5.26 Å². The Bertz CT molecular complexity index is 1490. The number of fused-ring (bicyclic) bond motifs is 1. The SMILES string of the molecule is COc1ccc(/C=C(\C#N)C(=O)Nc2c(Br)cc(C)cc2Br)cc1OCc1cccc2ccccc12. The van der Waals surface area contributed by atoms with Crippen LogP contribution in [-0.4, -0.2) is 13.0 Å². The Balaban J connectivity index is 1.58. The van der Waals surface area contributed by atoms with E-state index >= 15 is 0 Å². The lowest BCUT2D eigenvalue weighted by molar-refractivity contribution is -0.112. The molecule has 0 aliphatic rings. The molecule has 0 atom stereocenters. The highest BCUT2D eigenvalue weighted by Crippen LogP contribution is 2.33. The first-order valence-corrected chi connectivity index (χ1v) is 12.6. The minimum absolute atomic E-state index is 0.0421. The van der Waals surface area contributed by atoms with E-state index in [2.05, 4.69) is 55.4 Å². The molecule has 4 rings (SSSR count). The third kappa shape index (κ3) is 5.78. The topological polar surface area (TPSA) is 71.3 Å². The van der Waals surface area contributed by atoms with Crippen LogP contribution in [0.5, 0.6) is 11.5 Å². The van der Waals surface area contributed by atoms with E-state index < -0.39 is 5.91 Å². The number of benzene rings is 4. The second-order valence-corrected chi connectivity index (χ2v) is 9.77. The number of amides is 1. The van der Waals surface area contributed by atoms with Gasteiger partial charge in [0.25, 0.3) is 5.91 Å². The van der Waals surface area contributed by atoms with Crippen molar-refractivity contribution in [3.8, 4) is 17.6 Å². The number of nitriles is 1. The standard InChI is InChI=1S/C29H22Br2N2O3/c1-18-12-24(30)28(25(31)13-18)33-29(34)22(16-32)14-19-10-11-26(35-2)27(15-19)36-17-21-8-5-7-20-6-3-4-9-23(20)21/h3-15H,17H2,1-2H3,(H,33,34)/b22-14+. The summed E-state index contributed by atoms with van der Waals surface area (Å²) in [7, 11) is 1.57. The summed E-state index contributed by atoms with van der Waals surface area (Å²) in [5.41, 5.74) is 3.22. The Hall–Kier alpha value is -3.60. The van der Waals surface area contributed by atoms with E-state index in [9.17, 15) is 10.1 Å². The summed E-state index contributed by atoms with van der Waals surface area (Å²) in [5, 5.41) is 14.7. The van der Waals surface area contributed by atoms with E-state index in [1.54, 1.807) is 25.3 Å². The molecule has 1 N–H and O–H groups in total. The van der Waals surface area contributed by atoms with Crippen molar-refractivity contribution in [2.45, 2.75) is 13.5 Å². The van der Waals surface area contributed by atoms with Gasteiger partial charge < -0.3 is 14.8 Å². The summed E-state index contributed by atoms with van der Waals surface area (Å²) in [6, 6.07) is 25.3. The second kappa shape index (κ2) is 11.4. The van der Waals surface area contributed by atoms with Crippen molar-refractivity contribution in [3.05, 3.63) is 104 Å². The molecular weight excluding hydrogens is 584 g/mol. The number of methoxy groups -OCH3 is 1. The smallest absolute Gasteiger partial charge is 0.266 e. The Kier molecular flexibility index (Phi) is 8.09. The van der Waals surface area contributed by atoms with Crippen LogP contribution in [0.25, 0.3) is 16.8 Å². The lowest BCUT2D eigenvalue weighted by atomic mass is 10.1. The van der Waals surface area contributed by atoms with Crippen LogP contribution in [-0.2, 0) is 11.4 Å². The van der Waals surface area contributed by atoms with Crippen LogP contribution in [0.2, 0.25) is 0 Å². The number of nitrogens with one attached hydrogen (secondary N) is 1. The first-order chi connectivity index (χ1) is 17.4. The maximum atomic E-state index is 12.9. The maximum absolute atomic E-state index is 12.9.